The van der Waals surface area contributed by atoms with Crippen molar-refractivity contribution in [3.05, 3.63) is 35.9 Å². The number of esters is 2. The maximum absolute atomic E-state index is 12.3. The molecule has 1 aromatic rings. The Kier molecular flexibility index (Phi) is 9.08. The number of benzene rings is 1. The van der Waals surface area contributed by atoms with Crippen molar-refractivity contribution in [1.82, 2.24) is 4.90 Å². The predicted molar refractivity (Wildman–Crippen MR) is 119 cm³/mol. The number of carbonyl (C=O) groups excluding carboxylic acids is 2. The Labute approximate surface area is 191 Å². The minimum absolute atomic E-state index is 0.000346. The first kappa shape index (κ1) is 24.7. The second-order valence-corrected chi connectivity index (χ2v) is 9.65. The van der Waals surface area contributed by atoms with Crippen molar-refractivity contribution in [2.45, 2.75) is 84.0 Å². The molecule has 3 rings (SSSR count). The summed E-state index contributed by atoms with van der Waals surface area (Å²) >= 11 is 0. The van der Waals surface area contributed by atoms with E-state index in [1.807, 2.05) is 51.1 Å². The topological polar surface area (TPSA) is 74.3 Å². The van der Waals surface area contributed by atoms with E-state index in [0.717, 1.165) is 57.2 Å². The van der Waals surface area contributed by atoms with Crippen molar-refractivity contribution in [3.8, 4) is 0 Å². The molecule has 2 fully saturated rings. The summed E-state index contributed by atoms with van der Waals surface area (Å²) < 4.78 is 23.0. The number of rotatable bonds is 9. The largest absolute Gasteiger partial charge is 0.460 e. The second kappa shape index (κ2) is 11.8. The molecule has 32 heavy (non-hydrogen) atoms. The molecule has 1 aliphatic carbocycles. The molecule has 0 bridgehead atoms. The minimum Gasteiger partial charge on any atom is -0.460 e. The predicted octanol–water partition coefficient (Wildman–Crippen LogP) is 4.04. The third-order valence-electron chi connectivity index (χ3n) is 5.75. The van der Waals surface area contributed by atoms with Gasteiger partial charge < -0.3 is 18.9 Å². The molecule has 1 atom stereocenters. The Bertz CT molecular complexity index is 718. The number of ether oxygens (including phenoxy) is 4. The summed E-state index contributed by atoms with van der Waals surface area (Å²) in [7, 11) is 0. The summed E-state index contributed by atoms with van der Waals surface area (Å²) in [5.41, 5.74) is 0.476. The number of nitrogens with zero attached hydrogens (tertiary/aromatic N) is 1. The average Bonchev–Trinajstić information content (AvgIpc) is 3.30. The van der Waals surface area contributed by atoms with Gasteiger partial charge in [0.1, 0.15) is 18.8 Å². The van der Waals surface area contributed by atoms with Crippen LogP contribution in [0.15, 0.2) is 30.3 Å². The highest BCUT2D eigenvalue weighted by Gasteiger charge is 2.33. The molecule has 1 saturated carbocycles. The van der Waals surface area contributed by atoms with E-state index in [9.17, 15) is 9.59 Å². The quantitative estimate of drug-likeness (QED) is 0.418. The first-order valence-electron chi connectivity index (χ1n) is 11.7. The maximum atomic E-state index is 12.3. The van der Waals surface area contributed by atoms with Crippen LogP contribution in [0, 0.1) is 5.92 Å². The van der Waals surface area contributed by atoms with E-state index in [0.29, 0.717) is 0 Å². The fraction of sp³-hybridized carbons (Fsp3) is 0.680. The van der Waals surface area contributed by atoms with Crippen LogP contribution < -0.4 is 0 Å². The summed E-state index contributed by atoms with van der Waals surface area (Å²) in [6.45, 7) is 7.52. The van der Waals surface area contributed by atoms with Gasteiger partial charge in [-0.2, -0.15) is 0 Å². The smallest absolute Gasteiger partial charge is 0.332 e. The van der Waals surface area contributed by atoms with Crippen LogP contribution in [0.4, 0.5) is 0 Å². The Morgan fingerprint density at radius 1 is 1.03 bits per heavy atom. The van der Waals surface area contributed by atoms with E-state index in [1.165, 1.54) is 0 Å². The standard InChI is InChI=1S/C25H37NO6/c1-25(2,3)32-23(28)20-11-13-21(14-12-20)31-24(26-15-7-8-16-26)30-18-22(27)29-17-19-9-5-4-6-10-19/h4-6,9-10,20-21,24H,7-8,11-18H2,1-3H3. The molecule has 7 nitrogen and oxygen atoms in total. The molecule has 1 aliphatic heterocycles. The third-order valence-corrected chi connectivity index (χ3v) is 5.75. The molecule has 0 amide bonds. The Balaban J connectivity index is 1.44. The highest BCUT2D eigenvalue weighted by atomic mass is 16.7. The highest BCUT2D eigenvalue weighted by Crippen LogP contribution is 2.30. The molecule has 0 spiro atoms. The van der Waals surface area contributed by atoms with Crippen LogP contribution in [-0.4, -0.2) is 54.7 Å². The van der Waals surface area contributed by atoms with E-state index < -0.39 is 18.0 Å². The lowest BCUT2D eigenvalue weighted by molar-refractivity contribution is -0.247. The highest BCUT2D eigenvalue weighted by molar-refractivity contribution is 5.73. The summed E-state index contributed by atoms with van der Waals surface area (Å²) in [5, 5.41) is 0. The van der Waals surface area contributed by atoms with Crippen molar-refractivity contribution in [3.63, 3.8) is 0 Å². The van der Waals surface area contributed by atoms with E-state index in [2.05, 4.69) is 4.90 Å². The summed E-state index contributed by atoms with van der Waals surface area (Å²) in [6.07, 6.45) is 4.65. The van der Waals surface area contributed by atoms with Crippen LogP contribution >= 0.6 is 0 Å². The summed E-state index contributed by atoms with van der Waals surface area (Å²) in [5.74, 6) is -0.604. The number of hydrogen-bond acceptors (Lipinski definition) is 7. The van der Waals surface area contributed by atoms with Crippen LogP contribution in [0.2, 0.25) is 0 Å². The lowest BCUT2D eigenvalue weighted by Crippen LogP contribution is -2.42. The van der Waals surface area contributed by atoms with Gasteiger partial charge in [-0.05, 0) is 64.9 Å². The molecule has 1 saturated heterocycles. The Hall–Kier alpha value is -1.96. The third kappa shape index (κ3) is 8.19. The van der Waals surface area contributed by atoms with Gasteiger partial charge in [-0.3, -0.25) is 9.69 Å². The van der Waals surface area contributed by atoms with Crippen molar-refractivity contribution < 1.29 is 28.5 Å². The molecule has 7 heteroatoms. The zero-order valence-electron chi connectivity index (χ0n) is 19.6. The number of likely N-dealkylation sites (tertiary alicyclic amines) is 1. The summed E-state index contributed by atoms with van der Waals surface area (Å²) in [6, 6.07) is 9.58. The fourth-order valence-corrected chi connectivity index (χ4v) is 4.09. The monoisotopic (exact) mass is 447 g/mol. The molecule has 0 aromatic heterocycles. The lowest BCUT2D eigenvalue weighted by Gasteiger charge is -2.34. The first-order valence-corrected chi connectivity index (χ1v) is 11.7. The van der Waals surface area contributed by atoms with Crippen LogP contribution in [-0.2, 0) is 35.1 Å². The Morgan fingerprint density at radius 3 is 2.31 bits per heavy atom. The molecular weight excluding hydrogens is 410 g/mol. The van der Waals surface area contributed by atoms with Crippen LogP contribution in [0.5, 0.6) is 0 Å². The van der Waals surface area contributed by atoms with Crippen LogP contribution in [0.1, 0.15) is 64.9 Å². The van der Waals surface area contributed by atoms with Crippen LogP contribution in [0.3, 0.4) is 0 Å². The second-order valence-electron chi connectivity index (χ2n) is 9.65. The van der Waals surface area contributed by atoms with Gasteiger partial charge in [0.05, 0.1) is 12.0 Å². The molecular formula is C25H37NO6. The van der Waals surface area contributed by atoms with Gasteiger partial charge in [0, 0.05) is 13.1 Å². The van der Waals surface area contributed by atoms with Gasteiger partial charge in [-0.1, -0.05) is 30.3 Å². The van der Waals surface area contributed by atoms with Gasteiger partial charge in [0.2, 0.25) is 6.41 Å². The number of carbonyl (C=O) groups is 2. The van der Waals surface area contributed by atoms with E-state index in [-0.39, 0.29) is 31.2 Å². The zero-order valence-corrected chi connectivity index (χ0v) is 19.6. The minimum atomic E-state index is -0.565. The van der Waals surface area contributed by atoms with Gasteiger partial charge >= 0.3 is 11.9 Å². The van der Waals surface area contributed by atoms with Gasteiger partial charge in [0.15, 0.2) is 0 Å². The average molecular weight is 448 g/mol. The zero-order chi connectivity index (χ0) is 23.0. The van der Waals surface area contributed by atoms with Gasteiger partial charge in [-0.15, -0.1) is 0 Å². The van der Waals surface area contributed by atoms with E-state index in [4.69, 9.17) is 18.9 Å². The SMILES string of the molecule is CC(C)(C)OC(=O)C1CCC(OC(OCC(=O)OCc2ccccc2)N2CCCC2)CC1. The lowest BCUT2D eigenvalue weighted by atomic mass is 9.87. The number of hydrogen-bond donors (Lipinski definition) is 0. The molecule has 178 valence electrons. The van der Waals surface area contributed by atoms with Crippen molar-refractivity contribution in [2.24, 2.45) is 5.92 Å². The van der Waals surface area contributed by atoms with Crippen LogP contribution in [0.25, 0.3) is 0 Å². The molecule has 0 N–H and O–H groups in total. The first-order chi connectivity index (χ1) is 15.3. The van der Waals surface area contributed by atoms with E-state index >= 15 is 0 Å². The Morgan fingerprint density at radius 2 is 1.69 bits per heavy atom. The molecule has 2 aliphatic rings. The molecule has 1 aromatic carbocycles. The molecule has 1 unspecified atom stereocenters. The van der Waals surface area contributed by atoms with Gasteiger partial charge in [-0.25, -0.2) is 4.79 Å². The van der Waals surface area contributed by atoms with Crippen molar-refractivity contribution in [2.75, 3.05) is 19.7 Å². The van der Waals surface area contributed by atoms with Crippen molar-refractivity contribution in [1.29, 1.82) is 0 Å². The van der Waals surface area contributed by atoms with Gasteiger partial charge in [0.25, 0.3) is 0 Å². The normalized spacial score (nSPS) is 23.0. The summed E-state index contributed by atoms with van der Waals surface area (Å²) in [4.78, 5) is 26.7. The van der Waals surface area contributed by atoms with E-state index in [1.54, 1.807) is 0 Å². The van der Waals surface area contributed by atoms with Crippen molar-refractivity contribution >= 4 is 11.9 Å². The maximum Gasteiger partial charge on any atom is 0.332 e. The molecule has 1 heterocycles. The molecule has 0 radical (unpaired) electrons. The fourth-order valence-electron chi connectivity index (χ4n) is 4.09.